The Morgan fingerprint density at radius 1 is 0.951 bits per heavy atom. The predicted octanol–water partition coefficient (Wildman–Crippen LogP) is 3.42. The number of nitrogens with zero attached hydrogens (tertiary/aromatic N) is 4. The lowest BCUT2D eigenvalue weighted by Gasteiger charge is -2.38. The Morgan fingerprint density at radius 3 is 2.29 bits per heavy atom. The van der Waals surface area contributed by atoms with Gasteiger partial charge in [0.25, 0.3) is 5.91 Å². The molecule has 3 aliphatic rings. The first-order valence-electron chi connectivity index (χ1n) is 14.7. The van der Waals surface area contributed by atoms with Crippen LogP contribution in [0.4, 0.5) is 21.0 Å². The van der Waals surface area contributed by atoms with Crippen molar-refractivity contribution in [1.29, 1.82) is 0 Å². The third kappa shape index (κ3) is 6.93. The molecule has 2 aromatic carbocycles. The van der Waals surface area contributed by atoms with Crippen LogP contribution in [0.25, 0.3) is 0 Å². The van der Waals surface area contributed by atoms with Crippen LogP contribution in [0.15, 0.2) is 48.5 Å². The molecule has 3 heterocycles. The number of carbonyl (C=O) groups is 3. The maximum absolute atomic E-state index is 13.6. The summed E-state index contributed by atoms with van der Waals surface area (Å²) in [5.74, 6) is -0.150. The van der Waals surface area contributed by atoms with Crippen LogP contribution in [0.5, 0.6) is 0 Å². The fourth-order valence-corrected chi connectivity index (χ4v) is 6.15. The molecule has 2 aromatic rings. The van der Waals surface area contributed by atoms with E-state index in [0.717, 1.165) is 36.1 Å². The van der Waals surface area contributed by atoms with Crippen LogP contribution < -0.4 is 11.1 Å². The van der Waals surface area contributed by atoms with E-state index in [1.54, 1.807) is 17.0 Å². The van der Waals surface area contributed by atoms with Crippen LogP contribution in [-0.2, 0) is 22.4 Å². The highest BCUT2D eigenvalue weighted by Gasteiger charge is 2.35. The SMILES string of the molecule is CN(C)C1CCN(C(=O)[C@@H](Cc2ccc(N)cc2)OC(=O)N2CCC(N3CCc4ccccc4NC3=O)CC2)CC1. The van der Waals surface area contributed by atoms with Crippen LogP contribution >= 0.6 is 0 Å². The number of para-hydroxylation sites is 1. The summed E-state index contributed by atoms with van der Waals surface area (Å²) in [5, 5.41) is 3.04. The van der Waals surface area contributed by atoms with Gasteiger partial charge in [0.2, 0.25) is 0 Å². The molecule has 4 amide bonds. The zero-order valence-corrected chi connectivity index (χ0v) is 24.1. The number of anilines is 2. The molecule has 10 heteroatoms. The van der Waals surface area contributed by atoms with E-state index in [2.05, 4.69) is 24.3 Å². The van der Waals surface area contributed by atoms with Crippen molar-refractivity contribution in [3.8, 4) is 0 Å². The summed E-state index contributed by atoms with van der Waals surface area (Å²) in [6, 6.07) is 15.6. The Morgan fingerprint density at radius 2 is 1.61 bits per heavy atom. The van der Waals surface area contributed by atoms with Crippen LogP contribution in [0, 0.1) is 0 Å². The number of amides is 4. The quantitative estimate of drug-likeness (QED) is 0.522. The maximum Gasteiger partial charge on any atom is 0.410 e. The largest absolute Gasteiger partial charge is 0.436 e. The molecule has 3 aliphatic heterocycles. The van der Waals surface area contributed by atoms with E-state index in [9.17, 15) is 14.4 Å². The first-order valence-corrected chi connectivity index (χ1v) is 14.7. The monoisotopic (exact) mass is 562 g/mol. The number of ether oxygens (including phenoxy) is 1. The Hall–Kier alpha value is -3.79. The fourth-order valence-electron chi connectivity index (χ4n) is 6.15. The third-order valence-electron chi connectivity index (χ3n) is 8.73. The molecule has 0 spiro atoms. The predicted molar refractivity (Wildman–Crippen MR) is 159 cm³/mol. The molecule has 0 radical (unpaired) electrons. The lowest BCUT2D eigenvalue weighted by atomic mass is 10.0. The zero-order valence-electron chi connectivity index (χ0n) is 24.1. The first-order chi connectivity index (χ1) is 19.8. The van der Waals surface area contributed by atoms with Crippen LogP contribution in [0.3, 0.4) is 0 Å². The van der Waals surface area contributed by atoms with Crippen LogP contribution in [0.2, 0.25) is 0 Å². The number of benzene rings is 2. The molecule has 3 N–H and O–H groups in total. The molecule has 2 saturated heterocycles. The van der Waals surface area contributed by atoms with Crippen LogP contribution in [-0.4, -0.2) is 103 Å². The number of carbonyl (C=O) groups excluding carboxylic acids is 3. The number of hydrogen-bond donors (Lipinski definition) is 2. The van der Waals surface area contributed by atoms with Gasteiger partial charge in [0.15, 0.2) is 6.10 Å². The lowest BCUT2D eigenvalue weighted by Crippen LogP contribution is -2.52. The summed E-state index contributed by atoms with van der Waals surface area (Å²) >= 11 is 0. The molecule has 0 unspecified atom stereocenters. The van der Waals surface area contributed by atoms with E-state index in [1.165, 1.54) is 0 Å². The highest BCUT2D eigenvalue weighted by molar-refractivity contribution is 5.91. The van der Waals surface area contributed by atoms with Gasteiger partial charge in [-0.05, 0) is 75.5 Å². The van der Waals surface area contributed by atoms with E-state index >= 15 is 0 Å². The Kier molecular flexibility index (Phi) is 8.97. The summed E-state index contributed by atoms with van der Waals surface area (Å²) in [4.78, 5) is 47.5. The van der Waals surface area contributed by atoms with Crippen LogP contribution in [0.1, 0.15) is 36.8 Å². The van der Waals surface area contributed by atoms with Crippen molar-refractivity contribution in [2.45, 2.75) is 56.7 Å². The molecule has 220 valence electrons. The Bertz CT molecular complexity index is 1220. The summed E-state index contributed by atoms with van der Waals surface area (Å²) < 4.78 is 5.94. The standard InChI is InChI=1S/C31H42N6O4/c1-34(2)25-12-16-35(17-13-25)29(38)28(21-22-7-9-24(32)10-8-22)41-31(40)36-18-14-26(15-19-36)37-20-11-23-5-3-4-6-27(23)33-30(37)39/h3-10,25-26,28H,11-21,32H2,1-2H3,(H,33,39)/t28-/m1/s1. The number of nitrogens with one attached hydrogen (secondary N) is 1. The first kappa shape index (κ1) is 28.7. The highest BCUT2D eigenvalue weighted by atomic mass is 16.6. The van der Waals surface area contributed by atoms with Crippen molar-refractivity contribution in [1.82, 2.24) is 19.6 Å². The van der Waals surface area contributed by atoms with Crippen molar-refractivity contribution >= 4 is 29.4 Å². The average molecular weight is 563 g/mol. The van der Waals surface area contributed by atoms with Gasteiger partial charge >= 0.3 is 12.1 Å². The molecule has 0 aliphatic carbocycles. The molecule has 10 nitrogen and oxygen atoms in total. The molecular weight excluding hydrogens is 520 g/mol. The van der Waals surface area contributed by atoms with Gasteiger partial charge in [0.1, 0.15) is 0 Å². The Labute approximate surface area is 242 Å². The van der Waals surface area contributed by atoms with Crippen molar-refractivity contribution in [3.05, 3.63) is 59.7 Å². The highest BCUT2D eigenvalue weighted by Crippen LogP contribution is 2.25. The molecular formula is C31H42N6O4. The second-order valence-electron chi connectivity index (χ2n) is 11.6. The molecule has 2 fully saturated rings. The molecule has 5 rings (SSSR count). The number of hydrogen-bond acceptors (Lipinski definition) is 6. The lowest BCUT2D eigenvalue weighted by molar-refractivity contribution is -0.142. The summed E-state index contributed by atoms with van der Waals surface area (Å²) in [7, 11) is 4.13. The molecule has 0 bridgehead atoms. The number of nitrogen functional groups attached to an aromatic ring is 1. The molecule has 0 aromatic heterocycles. The molecule has 0 saturated carbocycles. The zero-order chi connectivity index (χ0) is 28.9. The van der Waals surface area contributed by atoms with Gasteiger partial charge < -0.3 is 35.4 Å². The fraction of sp³-hybridized carbons (Fsp3) is 0.516. The summed E-state index contributed by atoms with van der Waals surface area (Å²) in [6.45, 7) is 2.87. The van der Waals surface area contributed by atoms with Crippen molar-refractivity contribution < 1.29 is 19.1 Å². The number of rotatable bonds is 6. The van der Waals surface area contributed by atoms with Gasteiger partial charge in [-0.2, -0.15) is 0 Å². The van der Waals surface area contributed by atoms with E-state index in [0.29, 0.717) is 63.7 Å². The van der Waals surface area contributed by atoms with Gasteiger partial charge in [0, 0.05) is 62.6 Å². The van der Waals surface area contributed by atoms with Gasteiger partial charge in [-0.3, -0.25) is 4.79 Å². The number of piperidine rings is 2. The van der Waals surface area contributed by atoms with E-state index in [1.807, 2.05) is 46.2 Å². The maximum atomic E-state index is 13.6. The topological polar surface area (TPSA) is 111 Å². The Balaban J connectivity index is 1.20. The minimum absolute atomic E-state index is 0.0403. The van der Waals surface area contributed by atoms with Crippen molar-refractivity contribution in [2.75, 3.05) is 57.9 Å². The van der Waals surface area contributed by atoms with E-state index < -0.39 is 12.2 Å². The smallest absolute Gasteiger partial charge is 0.410 e. The number of urea groups is 1. The summed E-state index contributed by atoms with van der Waals surface area (Å²) in [5.41, 5.74) is 9.38. The normalized spacial score (nSPS) is 19.4. The summed E-state index contributed by atoms with van der Waals surface area (Å²) in [6.07, 6.45) is 2.80. The van der Waals surface area contributed by atoms with E-state index in [4.69, 9.17) is 10.5 Å². The average Bonchev–Trinajstić information content (AvgIpc) is 3.15. The van der Waals surface area contributed by atoms with Crippen molar-refractivity contribution in [3.63, 3.8) is 0 Å². The van der Waals surface area contributed by atoms with Gasteiger partial charge in [0.05, 0.1) is 0 Å². The van der Waals surface area contributed by atoms with Gasteiger partial charge in [-0.25, -0.2) is 9.59 Å². The third-order valence-corrected chi connectivity index (χ3v) is 8.73. The van der Waals surface area contributed by atoms with Gasteiger partial charge in [-0.15, -0.1) is 0 Å². The van der Waals surface area contributed by atoms with E-state index in [-0.39, 0.29) is 18.0 Å². The second kappa shape index (κ2) is 12.8. The molecule has 1 atom stereocenters. The molecule has 41 heavy (non-hydrogen) atoms. The second-order valence-corrected chi connectivity index (χ2v) is 11.6. The number of likely N-dealkylation sites (tertiary alicyclic amines) is 2. The minimum atomic E-state index is -0.908. The minimum Gasteiger partial charge on any atom is -0.436 e. The van der Waals surface area contributed by atoms with Crippen molar-refractivity contribution in [2.24, 2.45) is 0 Å². The van der Waals surface area contributed by atoms with Gasteiger partial charge in [-0.1, -0.05) is 30.3 Å². The number of fused-ring (bicyclic) bond motifs is 1. The number of nitrogens with two attached hydrogens (primary N) is 1.